The third kappa shape index (κ3) is 7.60. The molecule has 0 unspecified atom stereocenters. The molecule has 0 aromatic heterocycles. The summed E-state index contributed by atoms with van der Waals surface area (Å²) in [5.41, 5.74) is 6.63. The Bertz CT molecular complexity index is 1280. The zero-order valence-electron chi connectivity index (χ0n) is 25.4. The first-order valence-electron chi connectivity index (χ1n) is 14.1. The lowest BCUT2D eigenvalue weighted by atomic mass is 9.85. The second kappa shape index (κ2) is 12.4. The van der Waals surface area contributed by atoms with Crippen molar-refractivity contribution in [3.63, 3.8) is 0 Å². The fraction of sp³-hybridized carbons (Fsp3) is 0.471. The van der Waals surface area contributed by atoms with Crippen molar-refractivity contribution in [2.75, 3.05) is 6.79 Å². The molecule has 0 spiro atoms. The maximum Gasteiger partial charge on any atom is 0.147 e. The van der Waals surface area contributed by atoms with Gasteiger partial charge in [0.05, 0.1) is 39.6 Å². The van der Waals surface area contributed by atoms with Gasteiger partial charge in [-0.3, -0.25) is 0 Å². The quantitative estimate of drug-likeness (QED) is 0.267. The van der Waals surface area contributed by atoms with E-state index in [4.69, 9.17) is 18.9 Å². The van der Waals surface area contributed by atoms with E-state index in [1.807, 2.05) is 43.3 Å². The smallest absolute Gasteiger partial charge is 0.147 e. The predicted octanol–water partition coefficient (Wildman–Crippen LogP) is 7.14. The molecule has 0 amide bonds. The van der Waals surface area contributed by atoms with Crippen LogP contribution < -0.4 is 0 Å². The molecule has 3 aromatic carbocycles. The largest absolute Gasteiger partial charge is 0.507 e. The summed E-state index contributed by atoms with van der Waals surface area (Å²) in [6.45, 7) is 15.6. The van der Waals surface area contributed by atoms with Crippen molar-refractivity contribution in [3.8, 4) is 17.2 Å². The number of phenolic OH excluding ortho intramolecular Hbond substituents is 3. The minimum Gasteiger partial charge on any atom is -0.507 e. The first-order valence-corrected chi connectivity index (χ1v) is 14.1. The number of rotatable bonds is 0. The Hall–Kier alpha value is -3.10. The Labute approximate surface area is 243 Å². The van der Waals surface area contributed by atoms with E-state index >= 15 is 0 Å². The Morgan fingerprint density at radius 1 is 0.463 bits per heavy atom. The van der Waals surface area contributed by atoms with E-state index in [9.17, 15) is 15.3 Å². The minimum atomic E-state index is -0.154. The van der Waals surface area contributed by atoms with Gasteiger partial charge in [0.15, 0.2) is 0 Å². The van der Waals surface area contributed by atoms with Gasteiger partial charge in [0, 0.05) is 33.4 Å². The van der Waals surface area contributed by atoms with Crippen LogP contribution in [0.1, 0.15) is 91.6 Å². The standard InChI is InChI=1S/C34H44O7/c1-21-8-22-14-38-16-24-10-28(33(2,3)4)12-26(31(24)36)18-40-20-41-19-27-13-29(34(5,6)7)11-25(32(27)37)17-39-15-23(9-21)30(22)35/h8-13,35-37H,14-20H2,1-7H3. The molecule has 0 radical (unpaired) electrons. The molecule has 222 valence electrons. The van der Waals surface area contributed by atoms with Crippen LogP contribution in [-0.4, -0.2) is 22.1 Å². The average molecular weight is 565 g/mol. The molecule has 6 bridgehead atoms. The minimum absolute atomic E-state index is 0.0106. The van der Waals surface area contributed by atoms with Crippen LogP contribution in [0.4, 0.5) is 0 Å². The summed E-state index contributed by atoms with van der Waals surface area (Å²) < 4.78 is 23.6. The lowest BCUT2D eigenvalue weighted by molar-refractivity contribution is -0.0697. The molecule has 1 aliphatic rings. The van der Waals surface area contributed by atoms with Crippen LogP contribution in [0.15, 0.2) is 36.4 Å². The van der Waals surface area contributed by atoms with Crippen molar-refractivity contribution in [2.45, 2.75) is 98.9 Å². The van der Waals surface area contributed by atoms with E-state index in [0.717, 1.165) is 16.7 Å². The fourth-order valence-electron chi connectivity index (χ4n) is 4.88. The van der Waals surface area contributed by atoms with Gasteiger partial charge in [-0.1, -0.05) is 59.2 Å². The molecule has 0 fully saturated rings. The zero-order valence-corrected chi connectivity index (χ0v) is 25.4. The number of phenols is 3. The van der Waals surface area contributed by atoms with E-state index in [-0.39, 0.29) is 74.5 Å². The molecule has 3 N–H and O–H groups in total. The van der Waals surface area contributed by atoms with E-state index in [2.05, 4.69) is 41.5 Å². The summed E-state index contributed by atoms with van der Waals surface area (Å²) in [7, 11) is 0. The molecule has 7 nitrogen and oxygen atoms in total. The molecule has 0 aliphatic carbocycles. The van der Waals surface area contributed by atoms with E-state index in [1.54, 1.807) is 0 Å². The van der Waals surface area contributed by atoms with Crippen LogP contribution in [0.2, 0.25) is 0 Å². The second-order valence-corrected chi connectivity index (χ2v) is 13.0. The van der Waals surface area contributed by atoms with Gasteiger partial charge in [0.2, 0.25) is 0 Å². The third-order valence-corrected chi connectivity index (χ3v) is 7.39. The van der Waals surface area contributed by atoms with Crippen molar-refractivity contribution in [1.29, 1.82) is 0 Å². The summed E-state index contributed by atoms with van der Waals surface area (Å²) in [5.74, 6) is 0.360. The molecular weight excluding hydrogens is 520 g/mol. The number of aryl methyl sites for hydroxylation is 1. The highest BCUT2D eigenvalue weighted by Crippen LogP contribution is 2.35. The van der Waals surface area contributed by atoms with Crippen molar-refractivity contribution >= 4 is 0 Å². The third-order valence-electron chi connectivity index (χ3n) is 7.39. The summed E-state index contributed by atoms with van der Waals surface area (Å²) in [5, 5.41) is 33.2. The molecule has 0 saturated carbocycles. The van der Waals surface area contributed by atoms with Gasteiger partial charge < -0.3 is 34.3 Å². The van der Waals surface area contributed by atoms with Crippen molar-refractivity contribution in [1.82, 2.24) is 0 Å². The van der Waals surface area contributed by atoms with Crippen LogP contribution in [0.5, 0.6) is 17.2 Å². The monoisotopic (exact) mass is 564 g/mol. The lowest BCUT2D eigenvalue weighted by Crippen LogP contribution is -2.14. The van der Waals surface area contributed by atoms with Gasteiger partial charge in [-0.05, 0) is 53.1 Å². The van der Waals surface area contributed by atoms with Crippen LogP contribution in [0, 0.1) is 6.92 Å². The maximum absolute atomic E-state index is 11.1. The predicted molar refractivity (Wildman–Crippen MR) is 158 cm³/mol. The van der Waals surface area contributed by atoms with Gasteiger partial charge in [0.1, 0.15) is 24.0 Å². The van der Waals surface area contributed by atoms with Crippen molar-refractivity contribution < 1.29 is 34.3 Å². The normalized spacial score (nSPS) is 15.9. The molecule has 1 heterocycles. The van der Waals surface area contributed by atoms with Crippen molar-refractivity contribution in [3.05, 3.63) is 86.5 Å². The van der Waals surface area contributed by atoms with E-state index < -0.39 is 0 Å². The van der Waals surface area contributed by atoms with Crippen LogP contribution >= 0.6 is 0 Å². The van der Waals surface area contributed by atoms with Gasteiger partial charge in [-0.2, -0.15) is 0 Å². The SMILES string of the molecule is Cc1cc2c(O)c(c1)COCc1cc(C(C)(C)C)cc(c1O)COCOCc1cc(C(C)(C)C)cc(c1O)COC2. The summed E-state index contributed by atoms with van der Waals surface area (Å²) in [4.78, 5) is 0. The molecule has 41 heavy (non-hydrogen) atoms. The van der Waals surface area contributed by atoms with Crippen molar-refractivity contribution in [2.24, 2.45) is 0 Å². The molecule has 7 heteroatoms. The second-order valence-electron chi connectivity index (χ2n) is 13.0. The average Bonchev–Trinajstić information content (AvgIpc) is 2.87. The van der Waals surface area contributed by atoms with Gasteiger partial charge in [-0.15, -0.1) is 0 Å². The molecule has 4 rings (SSSR count). The first kappa shape index (κ1) is 30.8. The van der Waals surface area contributed by atoms with Crippen LogP contribution in [0.3, 0.4) is 0 Å². The fourth-order valence-corrected chi connectivity index (χ4v) is 4.88. The Balaban J connectivity index is 1.71. The number of fused-ring (bicyclic) bond motifs is 6. The summed E-state index contributed by atoms with van der Waals surface area (Å²) in [6, 6.07) is 11.6. The van der Waals surface area contributed by atoms with Crippen LogP contribution in [-0.2, 0) is 69.4 Å². The number of hydrogen-bond donors (Lipinski definition) is 3. The Kier molecular flexibility index (Phi) is 9.34. The Morgan fingerprint density at radius 2 is 0.732 bits per heavy atom. The lowest BCUT2D eigenvalue weighted by Gasteiger charge is -2.23. The highest BCUT2D eigenvalue weighted by molar-refractivity contribution is 5.47. The summed E-state index contributed by atoms with van der Waals surface area (Å²) >= 11 is 0. The van der Waals surface area contributed by atoms with Gasteiger partial charge in [0.25, 0.3) is 0 Å². The maximum atomic E-state index is 11.1. The topological polar surface area (TPSA) is 97.6 Å². The highest BCUT2D eigenvalue weighted by Gasteiger charge is 2.21. The van der Waals surface area contributed by atoms with E-state index in [0.29, 0.717) is 33.4 Å². The number of ether oxygens (including phenoxy) is 4. The first-order chi connectivity index (χ1) is 19.2. The summed E-state index contributed by atoms with van der Waals surface area (Å²) in [6.07, 6.45) is 0. The number of hydrogen-bond acceptors (Lipinski definition) is 7. The molecule has 0 atom stereocenters. The molecular formula is C34H44O7. The number of aromatic hydroxyl groups is 3. The zero-order chi connectivity index (χ0) is 29.9. The molecule has 1 aliphatic heterocycles. The highest BCUT2D eigenvalue weighted by atomic mass is 16.7. The van der Waals surface area contributed by atoms with Gasteiger partial charge in [-0.25, -0.2) is 0 Å². The Morgan fingerprint density at radius 3 is 1.02 bits per heavy atom. The molecule has 0 saturated heterocycles. The van der Waals surface area contributed by atoms with E-state index in [1.165, 1.54) is 0 Å². The van der Waals surface area contributed by atoms with Gasteiger partial charge >= 0.3 is 0 Å². The van der Waals surface area contributed by atoms with Crippen LogP contribution in [0.25, 0.3) is 0 Å². The molecule has 3 aromatic rings. The number of benzene rings is 3.